The molecule has 1 saturated carbocycles. The van der Waals surface area contributed by atoms with Crippen molar-refractivity contribution in [2.45, 2.75) is 78.3 Å². The monoisotopic (exact) mass is 291 g/mol. The number of aromatic nitrogens is 2. The molecule has 0 saturated heterocycles. The molecule has 1 atom stereocenters. The molecule has 1 aliphatic rings. The second-order valence-electron chi connectivity index (χ2n) is 6.66. The van der Waals surface area contributed by atoms with Crippen LogP contribution >= 0.6 is 0 Å². The van der Waals surface area contributed by atoms with Crippen molar-refractivity contribution in [1.29, 1.82) is 0 Å². The molecule has 1 heterocycles. The van der Waals surface area contributed by atoms with Crippen LogP contribution in [0.3, 0.4) is 0 Å². The van der Waals surface area contributed by atoms with Crippen LogP contribution in [-0.4, -0.2) is 16.3 Å². The van der Waals surface area contributed by atoms with E-state index in [2.05, 4.69) is 48.3 Å². The fourth-order valence-electron chi connectivity index (χ4n) is 3.68. The van der Waals surface area contributed by atoms with Gasteiger partial charge in [-0.1, -0.05) is 40.0 Å². The van der Waals surface area contributed by atoms with E-state index in [4.69, 9.17) is 0 Å². The molecule has 1 fully saturated rings. The Labute approximate surface area is 130 Å². The number of hydrogen-bond donors (Lipinski definition) is 1. The first kappa shape index (κ1) is 16.5. The minimum Gasteiger partial charge on any atom is -0.310 e. The summed E-state index contributed by atoms with van der Waals surface area (Å²) in [5, 5.41) is 8.33. The second kappa shape index (κ2) is 8.57. The lowest BCUT2D eigenvalue weighted by Gasteiger charge is -2.34. The third kappa shape index (κ3) is 4.57. The van der Waals surface area contributed by atoms with E-state index in [0.717, 1.165) is 31.3 Å². The first-order valence-corrected chi connectivity index (χ1v) is 9.04. The van der Waals surface area contributed by atoms with Gasteiger partial charge in [0.2, 0.25) is 0 Å². The van der Waals surface area contributed by atoms with Crippen molar-refractivity contribution in [3.63, 3.8) is 0 Å². The van der Waals surface area contributed by atoms with Gasteiger partial charge in [-0.25, -0.2) is 0 Å². The van der Waals surface area contributed by atoms with Gasteiger partial charge in [-0.05, 0) is 44.1 Å². The van der Waals surface area contributed by atoms with Gasteiger partial charge < -0.3 is 5.32 Å². The maximum Gasteiger partial charge on any atom is 0.0537 e. The lowest BCUT2D eigenvalue weighted by Crippen LogP contribution is -2.31. The molecule has 1 aliphatic carbocycles. The minimum atomic E-state index is 0.508. The molecule has 1 aromatic rings. The van der Waals surface area contributed by atoms with Crippen molar-refractivity contribution < 1.29 is 0 Å². The molecule has 0 radical (unpaired) electrons. The molecule has 0 aromatic carbocycles. The van der Waals surface area contributed by atoms with Crippen molar-refractivity contribution in [2.75, 3.05) is 6.54 Å². The SMILES string of the molecule is CCCNC(c1cnn(CCC)c1)C1CCC(CC)CC1. The standard InChI is InChI=1S/C18H33N3/c1-4-11-19-18(16-9-7-15(6-3)8-10-16)17-13-20-21(14-17)12-5-2/h13-16,18-19H,4-12H2,1-3H3. The van der Waals surface area contributed by atoms with Crippen molar-refractivity contribution in [2.24, 2.45) is 11.8 Å². The fourth-order valence-corrected chi connectivity index (χ4v) is 3.68. The van der Waals surface area contributed by atoms with E-state index in [1.54, 1.807) is 0 Å². The highest BCUT2D eigenvalue weighted by Gasteiger charge is 2.28. The molecule has 120 valence electrons. The summed E-state index contributed by atoms with van der Waals surface area (Å²) < 4.78 is 2.10. The summed E-state index contributed by atoms with van der Waals surface area (Å²) in [5.74, 6) is 1.76. The summed E-state index contributed by atoms with van der Waals surface area (Å²) in [6.45, 7) is 8.94. The van der Waals surface area contributed by atoms with Gasteiger partial charge >= 0.3 is 0 Å². The van der Waals surface area contributed by atoms with E-state index < -0.39 is 0 Å². The highest BCUT2D eigenvalue weighted by molar-refractivity contribution is 5.12. The van der Waals surface area contributed by atoms with E-state index in [0.29, 0.717) is 6.04 Å². The van der Waals surface area contributed by atoms with Crippen LogP contribution in [0, 0.1) is 11.8 Å². The molecule has 0 amide bonds. The molecule has 1 N–H and O–H groups in total. The molecule has 2 rings (SSSR count). The number of aryl methyl sites for hydroxylation is 1. The van der Waals surface area contributed by atoms with Crippen LogP contribution in [0.2, 0.25) is 0 Å². The van der Waals surface area contributed by atoms with Crippen LogP contribution in [0.5, 0.6) is 0 Å². The highest BCUT2D eigenvalue weighted by Crippen LogP contribution is 2.37. The lowest BCUT2D eigenvalue weighted by atomic mass is 9.76. The molecular formula is C18H33N3. The molecule has 3 nitrogen and oxygen atoms in total. The molecule has 0 bridgehead atoms. The summed E-state index contributed by atoms with van der Waals surface area (Å²) in [4.78, 5) is 0. The Hall–Kier alpha value is -0.830. The van der Waals surface area contributed by atoms with Gasteiger partial charge in [0.15, 0.2) is 0 Å². The highest BCUT2D eigenvalue weighted by atomic mass is 15.3. The Morgan fingerprint density at radius 2 is 1.95 bits per heavy atom. The normalized spacial score (nSPS) is 24.1. The van der Waals surface area contributed by atoms with Gasteiger partial charge in [-0.2, -0.15) is 5.10 Å². The zero-order chi connectivity index (χ0) is 15.1. The third-order valence-corrected chi connectivity index (χ3v) is 5.02. The van der Waals surface area contributed by atoms with E-state index >= 15 is 0 Å². The summed E-state index contributed by atoms with van der Waals surface area (Å²) in [6, 6.07) is 0.508. The van der Waals surface area contributed by atoms with Crippen LogP contribution in [0.4, 0.5) is 0 Å². The largest absolute Gasteiger partial charge is 0.310 e. The number of nitrogens with one attached hydrogen (secondary N) is 1. The first-order valence-electron chi connectivity index (χ1n) is 9.04. The van der Waals surface area contributed by atoms with E-state index in [-0.39, 0.29) is 0 Å². The zero-order valence-corrected chi connectivity index (χ0v) is 14.1. The Bertz CT molecular complexity index is 391. The summed E-state index contributed by atoms with van der Waals surface area (Å²) in [7, 11) is 0. The predicted molar refractivity (Wildman–Crippen MR) is 89.3 cm³/mol. The summed E-state index contributed by atoms with van der Waals surface area (Å²) in [6.07, 6.45) is 13.6. The minimum absolute atomic E-state index is 0.508. The number of hydrogen-bond acceptors (Lipinski definition) is 2. The maximum atomic E-state index is 4.54. The van der Waals surface area contributed by atoms with Gasteiger partial charge in [0, 0.05) is 24.3 Å². The van der Waals surface area contributed by atoms with E-state index in [1.807, 2.05) is 0 Å². The Morgan fingerprint density at radius 1 is 1.19 bits per heavy atom. The van der Waals surface area contributed by atoms with Crippen molar-refractivity contribution in [3.05, 3.63) is 18.0 Å². The number of nitrogens with zero attached hydrogens (tertiary/aromatic N) is 2. The van der Waals surface area contributed by atoms with Crippen molar-refractivity contribution in [1.82, 2.24) is 15.1 Å². The molecule has 0 spiro atoms. The van der Waals surface area contributed by atoms with Gasteiger partial charge in [-0.15, -0.1) is 0 Å². The van der Waals surface area contributed by atoms with Crippen LogP contribution < -0.4 is 5.32 Å². The topological polar surface area (TPSA) is 29.9 Å². The van der Waals surface area contributed by atoms with Crippen LogP contribution in [0.15, 0.2) is 12.4 Å². The average Bonchev–Trinajstić information content (AvgIpc) is 2.97. The zero-order valence-electron chi connectivity index (χ0n) is 14.1. The quantitative estimate of drug-likeness (QED) is 0.761. The van der Waals surface area contributed by atoms with Crippen LogP contribution in [0.25, 0.3) is 0 Å². The van der Waals surface area contributed by atoms with Crippen molar-refractivity contribution >= 4 is 0 Å². The summed E-state index contributed by atoms with van der Waals surface area (Å²) in [5.41, 5.74) is 1.40. The molecule has 0 aliphatic heterocycles. The lowest BCUT2D eigenvalue weighted by molar-refractivity contribution is 0.218. The maximum absolute atomic E-state index is 4.54. The van der Waals surface area contributed by atoms with E-state index in [1.165, 1.54) is 44.1 Å². The fraction of sp³-hybridized carbons (Fsp3) is 0.833. The Morgan fingerprint density at radius 3 is 2.57 bits per heavy atom. The van der Waals surface area contributed by atoms with Gasteiger partial charge in [0.05, 0.1) is 6.20 Å². The predicted octanol–water partition coefficient (Wildman–Crippen LogP) is 4.55. The van der Waals surface area contributed by atoms with Gasteiger partial charge in [0.25, 0.3) is 0 Å². The van der Waals surface area contributed by atoms with Crippen LogP contribution in [0.1, 0.15) is 77.3 Å². The molecule has 1 aromatic heterocycles. The Kier molecular flexibility index (Phi) is 6.75. The second-order valence-corrected chi connectivity index (χ2v) is 6.66. The molecule has 1 unspecified atom stereocenters. The molecule has 3 heteroatoms. The van der Waals surface area contributed by atoms with Crippen LogP contribution in [-0.2, 0) is 6.54 Å². The van der Waals surface area contributed by atoms with Crippen molar-refractivity contribution in [3.8, 4) is 0 Å². The molecular weight excluding hydrogens is 258 g/mol. The smallest absolute Gasteiger partial charge is 0.0537 e. The number of rotatable bonds is 8. The Balaban J connectivity index is 2.02. The third-order valence-electron chi connectivity index (χ3n) is 5.02. The molecule has 21 heavy (non-hydrogen) atoms. The first-order chi connectivity index (χ1) is 10.3. The van der Waals surface area contributed by atoms with Gasteiger partial charge in [-0.3, -0.25) is 4.68 Å². The van der Waals surface area contributed by atoms with E-state index in [9.17, 15) is 0 Å². The average molecular weight is 291 g/mol. The van der Waals surface area contributed by atoms with Gasteiger partial charge in [0.1, 0.15) is 0 Å². The summed E-state index contributed by atoms with van der Waals surface area (Å²) >= 11 is 0.